The molecule has 0 unspecified atom stereocenters. The first-order chi connectivity index (χ1) is 9.06. The van der Waals surface area contributed by atoms with Crippen molar-refractivity contribution in [2.45, 2.75) is 12.5 Å². The van der Waals surface area contributed by atoms with Gasteiger partial charge >= 0.3 is 5.97 Å². The number of benzene rings is 1. The number of carboxylic acids is 1. The van der Waals surface area contributed by atoms with E-state index in [1.54, 1.807) is 24.3 Å². The van der Waals surface area contributed by atoms with Crippen molar-refractivity contribution >= 4 is 11.9 Å². The van der Waals surface area contributed by atoms with Gasteiger partial charge in [0.25, 0.3) is 0 Å². The summed E-state index contributed by atoms with van der Waals surface area (Å²) in [5.41, 5.74) is 1.12. The van der Waals surface area contributed by atoms with E-state index in [4.69, 9.17) is 10.4 Å². The van der Waals surface area contributed by atoms with Crippen molar-refractivity contribution in [2.75, 3.05) is 13.7 Å². The number of ether oxygens (including phenoxy) is 1. The van der Waals surface area contributed by atoms with E-state index in [1.165, 1.54) is 7.11 Å². The van der Waals surface area contributed by atoms with E-state index in [9.17, 15) is 9.59 Å². The Kier molecular flexibility index (Phi) is 5.51. The second kappa shape index (κ2) is 7.13. The van der Waals surface area contributed by atoms with E-state index in [1.807, 2.05) is 6.07 Å². The highest BCUT2D eigenvalue weighted by atomic mass is 16.5. The Morgan fingerprint density at radius 3 is 2.84 bits per heavy atom. The second-order valence-electron chi connectivity index (χ2n) is 3.91. The van der Waals surface area contributed by atoms with Crippen molar-refractivity contribution in [3.8, 4) is 6.07 Å². The van der Waals surface area contributed by atoms with Crippen LogP contribution in [0.5, 0.6) is 0 Å². The molecule has 0 heterocycles. The Bertz CT molecular complexity index is 508. The molecule has 19 heavy (non-hydrogen) atoms. The number of rotatable bonds is 6. The maximum absolute atomic E-state index is 11.3. The fourth-order valence-corrected chi connectivity index (χ4v) is 1.57. The number of carboxylic acid groups (broad SMARTS) is 1. The summed E-state index contributed by atoms with van der Waals surface area (Å²) in [6.45, 7) is -0.192. The maximum Gasteiger partial charge on any atom is 0.326 e. The van der Waals surface area contributed by atoms with Gasteiger partial charge in [-0.15, -0.1) is 0 Å². The third-order valence-electron chi connectivity index (χ3n) is 2.40. The minimum Gasteiger partial charge on any atom is -0.480 e. The summed E-state index contributed by atoms with van der Waals surface area (Å²) in [6, 6.07) is 7.53. The lowest BCUT2D eigenvalue weighted by atomic mass is 10.0. The highest BCUT2D eigenvalue weighted by molar-refractivity contribution is 5.84. The Labute approximate surface area is 110 Å². The fraction of sp³-hybridized carbons (Fsp3) is 0.308. The molecule has 1 aromatic carbocycles. The van der Waals surface area contributed by atoms with Crippen LogP contribution in [0, 0.1) is 11.3 Å². The third kappa shape index (κ3) is 4.77. The lowest BCUT2D eigenvalue weighted by Gasteiger charge is -2.14. The molecule has 0 bridgehead atoms. The number of nitrogens with zero attached hydrogens (tertiary/aromatic N) is 1. The first kappa shape index (κ1) is 14.7. The number of carbonyl (C=O) groups is 2. The van der Waals surface area contributed by atoms with Crippen molar-refractivity contribution in [1.29, 1.82) is 5.26 Å². The van der Waals surface area contributed by atoms with Gasteiger partial charge in [-0.05, 0) is 17.7 Å². The minimum absolute atomic E-state index is 0.111. The molecule has 0 aliphatic heterocycles. The summed E-state index contributed by atoms with van der Waals surface area (Å²) in [5, 5.41) is 20.2. The van der Waals surface area contributed by atoms with Crippen LogP contribution in [0.2, 0.25) is 0 Å². The quantitative estimate of drug-likeness (QED) is 0.769. The normalized spacial score (nSPS) is 11.4. The average molecular weight is 262 g/mol. The van der Waals surface area contributed by atoms with E-state index in [0.717, 1.165) is 0 Å². The maximum atomic E-state index is 11.3. The highest BCUT2D eigenvalue weighted by Gasteiger charge is 2.20. The van der Waals surface area contributed by atoms with Gasteiger partial charge in [-0.25, -0.2) is 4.79 Å². The molecule has 0 aliphatic rings. The van der Waals surface area contributed by atoms with Crippen LogP contribution in [0.3, 0.4) is 0 Å². The molecule has 1 amide bonds. The Balaban J connectivity index is 2.75. The van der Waals surface area contributed by atoms with Crippen LogP contribution >= 0.6 is 0 Å². The van der Waals surface area contributed by atoms with Gasteiger partial charge in [0.15, 0.2) is 0 Å². The van der Waals surface area contributed by atoms with Crippen molar-refractivity contribution in [3.63, 3.8) is 0 Å². The van der Waals surface area contributed by atoms with Crippen LogP contribution in [-0.2, 0) is 20.7 Å². The summed E-state index contributed by atoms with van der Waals surface area (Å²) in [6.07, 6.45) is 0.111. The smallest absolute Gasteiger partial charge is 0.326 e. The number of nitrogens with one attached hydrogen (secondary N) is 1. The van der Waals surface area contributed by atoms with E-state index >= 15 is 0 Å². The standard InChI is InChI=1S/C13H14N2O4/c1-19-8-12(16)15-11(13(17)18)6-9-3-2-4-10(5-9)7-14/h2-5,11H,6,8H2,1H3,(H,15,16)(H,17,18)/t11-/m0/s1. The third-order valence-corrected chi connectivity index (χ3v) is 2.40. The van der Waals surface area contributed by atoms with Gasteiger partial charge in [0, 0.05) is 13.5 Å². The zero-order valence-corrected chi connectivity index (χ0v) is 10.4. The SMILES string of the molecule is COCC(=O)N[C@@H](Cc1cccc(C#N)c1)C(=O)O. The largest absolute Gasteiger partial charge is 0.480 e. The van der Waals surface area contributed by atoms with Crippen molar-refractivity contribution in [2.24, 2.45) is 0 Å². The first-order valence-corrected chi connectivity index (χ1v) is 5.57. The summed E-state index contributed by atoms with van der Waals surface area (Å²) in [4.78, 5) is 22.4. The molecule has 6 nitrogen and oxygen atoms in total. The van der Waals surface area contributed by atoms with Gasteiger partial charge in [-0.3, -0.25) is 4.79 Å². The summed E-state index contributed by atoms with van der Waals surface area (Å²) >= 11 is 0. The number of hydrogen-bond donors (Lipinski definition) is 2. The topological polar surface area (TPSA) is 99.4 Å². The lowest BCUT2D eigenvalue weighted by molar-refractivity contribution is -0.142. The molecule has 0 aliphatic carbocycles. The number of nitriles is 1. The molecule has 0 saturated heterocycles. The fourth-order valence-electron chi connectivity index (χ4n) is 1.57. The van der Waals surface area contributed by atoms with Gasteiger partial charge in [-0.1, -0.05) is 12.1 Å². The Morgan fingerprint density at radius 2 is 2.26 bits per heavy atom. The van der Waals surface area contributed by atoms with Crippen LogP contribution in [-0.4, -0.2) is 36.7 Å². The van der Waals surface area contributed by atoms with Gasteiger partial charge in [0.05, 0.1) is 11.6 Å². The zero-order chi connectivity index (χ0) is 14.3. The molecule has 1 rings (SSSR count). The van der Waals surface area contributed by atoms with Gasteiger partial charge in [-0.2, -0.15) is 5.26 Å². The molecule has 2 N–H and O–H groups in total. The zero-order valence-electron chi connectivity index (χ0n) is 10.4. The lowest BCUT2D eigenvalue weighted by Crippen LogP contribution is -2.43. The summed E-state index contributed by atoms with van der Waals surface area (Å²) < 4.78 is 4.62. The van der Waals surface area contributed by atoms with E-state index in [-0.39, 0.29) is 13.0 Å². The second-order valence-corrected chi connectivity index (χ2v) is 3.91. The molecule has 0 spiro atoms. The van der Waals surface area contributed by atoms with Crippen LogP contribution in [0.1, 0.15) is 11.1 Å². The van der Waals surface area contributed by atoms with Crippen LogP contribution < -0.4 is 5.32 Å². The molecule has 0 fully saturated rings. The van der Waals surface area contributed by atoms with Crippen molar-refractivity contribution < 1.29 is 19.4 Å². The molecule has 0 radical (unpaired) electrons. The van der Waals surface area contributed by atoms with E-state index in [2.05, 4.69) is 10.1 Å². The predicted octanol–water partition coefficient (Wildman–Crippen LogP) is 0.317. The molecule has 1 atom stereocenters. The van der Waals surface area contributed by atoms with Crippen LogP contribution in [0.4, 0.5) is 0 Å². The minimum atomic E-state index is -1.13. The first-order valence-electron chi connectivity index (χ1n) is 5.57. The number of amides is 1. The molecule has 1 aromatic rings. The predicted molar refractivity (Wildman–Crippen MR) is 66.3 cm³/mol. The number of hydrogen-bond acceptors (Lipinski definition) is 4. The van der Waals surface area contributed by atoms with Gasteiger partial charge in [0.2, 0.25) is 5.91 Å². The van der Waals surface area contributed by atoms with Gasteiger partial charge < -0.3 is 15.2 Å². The number of methoxy groups -OCH3 is 1. The Morgan fingerprint density at radius 1 is 1.53 bits per heavy atom. The number of aliphatic carboxylic acids is 1. The van der Waals surface area contributed by atoms with Gasteiger partial charge in [0.1, 0.15) is 12.6 Å². The molecular formula is C13H14N2O4. The molecule has 0 aromatic heterocycles. The van der Waals surface area contributed by atoms with Crippen molar-refractivity contribution in [3.05, 3.63) is 35.4 Å². The summed E-state index contributed by atoms with van der Waals surface area (Å²) in [5.74, 6) is -1.63. The molecule has 100 valence electrons. The monoisotopic (exact) mass is 262 g/mol. The summed E-state index contributed by atoms with van der Waals surface area (Å²) in [7, 11) is 1.35. The van der Waals surface area contributed by atoms with Crippen molar-refractivity contribution in [1.82, 2.24) is 5.32 Å². The molecular weight excluding hydrogens is 248 g/mol. The van der Waals surface area contributed by atoms with E-state index < -0.39 is 17.9 Å². The van der Waals surface area contributed by atoms with E-state index in [0.29, 0.717) is 11.1 Å². The number of carbonyl (C=O) groups excluding carboxylic acids is 1. The van der Waals surface area contributed by atoms with Crippen LogP contribution in [0.25, 0.3) is 0 Å². The highest BCUT2D eigenvalue weighted by Crippen LogP contribution is 2.07. The Hall–Kier alpha value is -2.39. The molecule has 0 saturated carbocycles. The average Bonchev–Trinajstić information content (AvgIpc) is 2.38. The molecule has 6 heteroatoms. The van der Waals surface area contributed by atoms with Crippen LogP contribution in [0.15, 0.2) is 24.3 Å².